The standard InChI is InChI=1S/C16H15N3OS/c1-11-8-21-9-15(11)13-4-3-12-5-6-19(10-20)16(18-17-2)14(12)7-13/h3-10,17H,1-2H3/b18-16-. The fourth-order valence-electron chi connectivity index (χ4n) is 2.40. The van der Waals surface area contributed by atoms with Gasteiger partial charge in [0.2, 0.25) is 6.41 Å². The molecule has 0 amide bonds. The van der Waals surface area contributed by atoms with Crippen molar-refractivity contribution in [3.63, 3.8) is 0 Å². The van der Waals surface area contributed by atoms with E-state index in [1.165, 1.54) is 15.7 Å². The fourth-order valence-corrected chi connectivity index (χ4v) is 3.26. The van der Waals surface area contributed by atoms with Crippen molar-refractivity contribution in [3.05, 3.63) is 52.3 Å². The highest BCUT2D eigenvalue weighted by molar-refractivity contribution is 7.08. The molecule has 0 saturated carbocycles. The molecule has 0 spiro atoms. The first-order valence-electron chi connectivity index (χ1n) is 6.58. The topological polar surface area (TPSA) is 46.4 Å². The van der Waals surface area contributed by atoms with Crippen molar-refractivity contribution in [2.24, 2.45) is 5.10 Å². The average Bonchev–Trinajstić information content (AvgIpc) is 2.93. The largest absolute Gasteiger partial charge is 0.311 e. The number of benzene rings is 1. The Morgan fingerprint density at radius 1 is 1.29 bits per heavy atom. The number of hydrogen-bond acceptors (Lipinski definition) is 4. The van der Waals surface area contributed by atoms with Crippen molar-refractivity contribution >= 4 is 28.5 Å². The van der Waals surface area contributed by atoms with Crippen LogP contribution in [0.1, 0.15) is 5.56 Å². The third-order valence-corrected chi connectivity index (χ3v) is 4.31. The van der Waals surface area contributed by atoms with E-state index in [9.17, 15) is 4.79 Å². The van der Waals surface area contributed by atoms with Gasteiger partial charge in [0.1, 0.15) is 0 Å². The molecule has 3 rings (SSSR count). The van der Waals surface area contributed by atoms with Crippen LogP contribution in [-0.2, 0) is 4.79 Å². The van der Waals surface area contributed by atoms with Crippen LogP contribution in [0.25, 0.3) is 21.9 Å². The zero-order valence-electron chi connectivity index (χ0n) is 11.8. The summed E-state index contributed by atoms with van der Waals surface area (Å²) < 4.78 is 1.48. The van der Waals surface area contributed by atoms with Crippen molar-refractivity contribution in [1.82, 2.24) is 9.99 Å². The zero-order chi connectivity index (χ0) is 14.8. The Morgan fingerprint density at radius 3 is 2.81 bits per heavy atom. The molecule has 0 aliphatic heterocycles. The number of aryl methyl sites for hydroxylation is 1. The highest BCUT2D eigenvalue weighted by atomic mass is 32.1. The van der Waals surface area contributed by atoms with Crippen LogP contribution < -0.4 is 10.9 Å². The average molecular weight is 297 g/mol. The van der Waals surface area contributed by atoms with Crippen LogP contribution in [0, 0.1) is 6.92 Å². The normalized spacial score (nSPS) is 11.8. The predicted octanol–water partition coefficient (Wildman–Crippen LogP) is 2.75. The molecule has 0 radical (unpaired) electrons. The summed E-state index contributed by atoms with van der Waals surface area (Å²) in [4.78, 5) is 11.2. The van der Waals surface area contributed by atoms with Crippen LogP contribution in [0.2, 0.25) is 0 Å². The summed E-state index contributed by atoms with van der Waals surface area (Å²) in [6.45, 7) is 2.10. The molecule has 2 aromatic heterocycles. The minimum atomic E-state index is 0.611. The first kappa shape index (κ1) is 13.6. The Labute approximate surface area is 126 Å². The summed E-state index contributed by atoms with van der Waals surface area (Å²) in [6.07, 6.45) is 2.49. The van der Waals surface area contributed by atoms with Crippen LogP contribution in [0.3, 0.4) is 0 Å². The Bertz CT molecular complexity index is 877. The highest BCUT2D eigenvalue weighted by Crippen LogP contribution is 2.28. The quantitative estimate of drug-likeness (QED) is 0.597. The molecule has 106 valence electrons. The van der Waals surface area contributed by atoms with Gasteiger partial charge in [0.15, 0.2) is 5.49 Å². The number of carbonyl (C=O) groups excluding carboxylic acids is 1. The van der Waals surface area contributed by atoms with Gasteiger partial charge >= 0.3 is 0 Å². The summed E-state index contributed by atoms with van der Waals surface area (Å²) in [7, 11) is 1.72. The number of aromatic nitrogens is 1. The third kappa shape index (κ3) is 2.36. The van der Waals surface area contributed by atoms with Crippen LogP contribution in [-0.4, -0.2) is 18.0 Å². The van der Waals surface area contributed by atoms with Crippen LogP contribution in [0.4, 0.5) is 0 Å². The molecular weight excluding hydrogens is 282 g/mol. The number of thiophene rings is 1. The first-order chi connectivity index (χ1) is 10.2. The lowest BCUT2D eigenvalue weighted by molar-refractivity contribution is 0.544. The van der Waals surface area contributed by atoms with Crippen molar-refractivity contribution in [2.45, 2.75) is 6.92 Å². The van der Waals surface area contributed by atoms with E-state index in [0.717, 1.165) is 22.7 Å². The van der Waals surface area contributed by atoms with Gasteiger partial charge in [-0.15, -0.1) is 0 Å². The predicted molar refractivity (Wildman–Crippen MR) is 86.8 cm³/mol. The second-order valence-electron chi connectivity index (χ2n) is 4.76. The Kier molecular flexibility index (Phi) is 3.58. The van der Waals surface area contributed by atoms with Gasteiger partial charge in [-0.3, -0.25) is 9.36 Å². The minimum absolute atomic E-state index is 0.611. The molecule has 0 aliphatic carbocycles. The van der Waals surface area contributed by atoms with Gasteiger partial charge in [0.05, 0.1) is 0 Å². The van der Waals surface area contributed by atoms with Gasteiger partial charge in [-0.2, -0.15) is 16.4 Å². The van der Waals surface area contributed by atoms with Crippen LogP contribution >= 0.6 is 11.3 Å². The summed E-state index contributed by atoms with van der Waals surface area (Å²) >= 11 is 1.69. The second-order valence-corrected chi connectivity index (χ2v) is 5.50. The molecule has 0 unspecified atom stereocenters. The van der Waals surface area contributed by atoms with Crippen molar-refractivity contribution < 1.29 is 4.79 Å². The van der Waals surface area contributed by atoms with Gasteiger partial charge in [-0.1, -0.05) is 12.1 Å². The lowest BCUT2D eigenvalue weighted by Gasteiger charge is -2.07. The van der Waals surface area contributed by atoms with E-state index < -0.39 is 0 Å². The third-order valence-electron chi connectivity index (χ3n) is 3.45. The molecule has 0 bridgehead atoms. The lowest BCUT2D eigenvalue weighted by atomic mass is 10.0. The number of nitrogens with zero attached hydrogens (tertiary/aromatic N) is 2. The molecule has 4 nitrogen and oxygen atoms in total. The summed E-state index contributed by atoms with van der Waals surface area (Å²) in [6, 6.07) is 8.17. The minimum Gasteiger partial charge on any atom is -0.311 e. The Morgan fingerprint density at radius 2 is 2.14 bits per heavy atom. The molecule has 21 heavy (non-hydrogen) atoms. The van der Waals surface area contributed by atoms with Crippen LogP contribution in [0.15, 0.2) is 46.3 Å². The van der Waals surface area contributed by atoms with E-state index in [-0.39, 0.29) is 0 Å². The second kappa shape index (κ2) is 5.54. The van der Waals surface area contributed by atoms with Crippen molar-refractivity contribution in [2.75, 3.05) is 7.05 Å². The number of nitrogens with one attached hydrogen (secondary N) is 1. The van der Waals surface area contributed by atoms with Crippen molar-refractivity contribution in [1.29, 1.82) is 0 Å². The van der Waals surface area contributed by atoms with Gasteiger partial charge in [-0.25, -0.2) is 0 Å². The molecule has 1 N–H and O–H groups in total. The van der Waals surface area contributed by atoms with Gasteiger partial charge in [-0.05, 0) is 51.9 Å². The smallest absolute Gasteiger partial charge is 0.219 e. The molecule has 0 aliphatic rings. The summed E-state index contributed by atoms with van der Waals surface area (Å²) in [5, 5.41) is 10.5. The number of rotatable bonds is 3. The maximum Gasteiger partial charge on any atom is 0.219 e. The molecule has 5 heteroatoms. The number of pyridine rings is 1. The molecule has 3 aromatic rings. The highest BCUT2D eigenvalue weighted by Gasteiger charge is 2.06. The lowest BCUT2D eigenvalue weighted by Crippen LogP contribution is -2.23. The monoisotopic (exact) mass is 297 g/mol. The number of hydrogen-bond donors (Lipinski definition) is 1. The Balaban J connectivity index is 2.34. The van der Waals surface area contributed by atoms with Crippen molar-refractivity contribution in [3.8, 4) is 11.1 Å². The van der Waals surface area contributed by atoms with E-state index in [1.54, 1.807) is 24.6 Å². The summed E-state index contributed by atoms with van der Waals surface area (Å²) in [5.41, 5.74) is 6.99. The van der Waals surface area contributed by atoms with Crippen LogP contribution in [0.5, 0.6) is 0 Å². The fraction of sp³-hybridized carbons (Fsp3) is 0.125. The van der Waals surface area contributed by atoms with Gasteiger partial charge in [0.25, 0.3) is 0 Å². The molecule has 0 saturated heterocycles. The maximum absolute atomic E-state index is 11.2. The molecule has 0 fully saturated rings. The zero-order valence-corrected chi connectivity index (χ0v) is 12.6. The van der Waals surface area contributed by atoms with E-state index >= 15 is 0 Å². The van der Waals surface area contributed by atoms with Gasteiger partial charge < -0.3 is 5.43 Å². The Hall–Kier alpha value is -2.40. The maximum atomic E-state index is 11.2. The first-order valence-corrected chi connectivity index (χ1v) is 7.52. The molecular formula is C16H15N3OS. The molecule has 2 heterocycles. The van der Waals surface area contributed by atoms with E-state index in [4.69, 9.17) is 0 Å². The summed E-state index contributed by atoms with van der Waals surface area (Å²) in [5.74, 6) is 0. The number of carbonyl (C=O) groups is 1. The van der Waals surface area contributed by atoms with E-state index in [1.807, 2.05) is 6.07 Å². The van der Waals surface area contributed by atoms with E-state index in [2.05, 4.69) is 46.4 Å². The SMILES string of the molecule is CN/N=c1/c2cc(-c3cscc3C)ccc2ccn1C=O. The van der Waals surface area contributed by atoms with Gasteiger partial charge in [0, 0.05) is 18.6 Å². The molecule has 0 atom stereocenters. The molecule has 1 aromatic carbocycles. The number of fused-ring (bicyclic) bond motifs is 1. The van der Waals surface area contributed by atoms with E-state index in [0.29, 0.717) is 5.49 Å².